The number of aromatic nitrogens is 4. The van der Waals surface area contributed by atoms with E-state index < -0.39 is 5.60 Å². The molecule has 1 unspecified atom stereocenters. The standard InChI is InChI=1S/C24H34N6O4/c1-24(2,3)34-23(31)30-16-5-4-6-17(30)10-18(9-16)33-22-13-25-12-21(27-22)26-20-11-19(28-29-20)15-7-8-32-14-15/h11-13,15-18H,4-10,14H2,1-3H3,(H2,26,27,28,29)/t15-,16-,17+,18?/m1/s1. The predicted octanol–water partition coefficient (Wildman–Crippen LogP) is 4.15. The second-order valence-electron chi connectivity index (χ2n) is 10.5. The monoisotopic (exact) mass is 470 g/mol. The Labute approximate surface area is 199 Å². The van der Waals surface area contributed by atoms with Crippen LogP contribution in [-0.4, -0.2) is 68.2 Å². The van der Waals surface area contributed by atoms with Crippen molar-refractivity contribution in [1.29, 1.82) is 0 Å². The highest BCUT2D eigenvalue weighted by atomic mass is 16.6. The third kappa shape index (κ3) is 5.27. The lowest BCUT2D eigenvalue weighted by Gasteiger charge is -2.48. The van der Waals surface area contributed by atoms with Crippen molar-refractivity contribution in [2.45, 2.75) is 89.0 Å². The summed E-state index contributed by atoms with van der Waals surface area (Å²) in [6.07, 6.45) is 8.65. The fraction of sp³-hybridized carbons (Fsp3) is 0.667. The van der Waals surface area contributed by atoms with E-state index >= 15 is 0 Å². The molecule has 3 aliphatic rings. The topological polar surface area (TPSA) is 114 Å². The Balaban J connectivity index is 1.21. The van der Waals surface area contributed by atoms with E-state index in [0.717, 1.165) is 57.4 Å². The number of rotatable bonds is 5. The number of aromatic amines is 1. The van der Waals surface area contributed by atoms with Crippen LogP contribution in [0.2, 0.25) is 0 Å². The van der Waals surface area contributed by atoms with Gasteiger partial charge in [0, 0.05) is 49.2 Å². The Bertz CT molecular complexity index is 985. The highest BCUT2D eigenvalue weighted by Crippen LogP contribution is 2.36. The molecule has 5 rings (SSSR count). The zero-order valence-corrected chi connectivity index (χ0v) is 20.1. The minimum Gasteiger partial charge on any atom is -0.473 e. The number of H-pyrrole nitrogens is 1. The average molecular weight is 471 g/mol. The highest BCUT2D eigenvalue weighted by molar-refractivity contribution is 5.69. The zero-order valence-electron chi connectivity index (χ0n) is 20.1. The number of piperidine rings is 2. The molecule has 0 saturated carbocycles. The van der Waals surface area contributed by atoms with E-state index in [1.807, 2.05) is 31.7 Å². The lowest BCUT2D eigenvalue weighted by atomic mass is 9.83. The summed E-state index contributed by atoms with van der Waals surface area (Å²) in [5.41, 5.74) is 0.561. The Morgan fingerprint density at radius 1 is 1.18 bits per heavy atom. The first kappa shape index (κ1) is 22.9. The van der Waals surface area contributed by atoms with Crippen LogP contribution < -0.4 is 10.1 Å². The summed E-state index contributed by atoms with van der Waals surface area (Å²) in [4.78, 5) is 23.6. The van der Waals surface area contributed by atoms with Crippen LogP contribution in [0, 0.1) is 0 Å². The van der Waals surface area contributed by atoms with Crippen molar-refractivity contribution in [3.05, 3.63) is 24.2 Å². The van der Waals surface area contributed by atoms with Crippen molar-refractivity contribution in [3.63, 3.8) is 0 Å². The first-order valence-electron chi connectivity index (χ1n) is 12.2. The minimum atomic E-state index is -0.498. The molecular weight excluding hydrogens is 436 g/mol. The number of amides is 1. The molecule has 0 aliphatic carbocycles. The number of hydrogen-bond donors (Lipinski definition) is 2. The Morgan fingerprint density at radius 2 is 1.97 bits per heavy atom. The lowest BCUT2D eigenvalue weighted by molar-refractivity contribution is -0.0412. The Morgan fingerprint density at radius 3 is 2.68 bits per heavy atom. The molecule has 0 spiro atoms. The molecular formula is C24H34N6O4. The molecule has 2 aromatic rings. The van der Waals surface area contributed by atoms with Crippen LogP contribution in [0.5, 0.6) is 5.88 Å². The number of carbonyl (C=O) groups is 1. The predicted molar refractivity (Wildman–Crippen MR) is 125 cm³/mol. The van der Waals surface area contributed by atoms with Crippen LogP contribution in [-0.2, 0) is 9.47 Å². The van der Waals surface area contributed by atoms with Crippen LogP contribution >= 0.6 is 0 Å². The second kappa shape index (κ2) is 9.40. The van der Waals surface area contributed by atoms with Gasteiger partial charge in [-0.1, -0.05) is 0 Å². The summed E-state index contributed by atoms with van der Waals surface area (Å²) in [6.45, 7) is 7.23. The van der Waals surface area contributed by atoms with E-state index in [0.29, 0.717) is 23.4 Å². The van der Waals surface area contributed by atoms with Gasteiger partial charge in [0.2, 0.25) is 5.88 Å². The summed E-state index contributed by atoms with van der Waals surface area (Å²) in [5, 5.41) is 10.6. The van der Waals surface area contributed by atoms with Gasteiger partial charge in [-0.3, -0.25) is 10.1 Å². The van der Waals surface area contributed by atoms with Gasteiger partial charge in [0.05, 0.1) is 19.0 Å². The number of carbonyl (C=O) groups excluding carboxylic acids is 1. The summed E-state index contributed by atoms with van der Waals surface area (Å²) in [5.74, 6) is 2.09. The summed E-state index contributed by atoms with van der Waals surface area (Å²) in [7, 11) is 0. The molecule has 3 saturated heterocycles. The molecule has 1 amide bonds. The summed E-state index contributed by atoms with van der Waals surface area (Å²) in [6, 6.07) is 2.25. The van der Waals surface area contributed by atoms with E-state index in [4.69, 9.17) is 14.2 Å². The van der Waals surface area contributed by atoms with Crippen molar-refractivity contribution in [1.82, 2.24) is 25.1 Å². The smallest absolute Gasteiger partial charge is 0.410 e. The van der Waals surface area contributed by atoms with Crippen molar-refractivity contribution >= 4 is 17.7 Å². The van der Waals surface area contributed by atoms with Crippen LogP contribution in [0.1, 0.15) is 70.9 Å². The zero-order chi connectivity index (χ0) is 23.7. The number of anilines is 2. The van der Waals surface area contributed by atoms with Gasteiger partial charge in [-0.2, -0.15) is 10.1 Å². The molecule has 10 heteroatoms. The number of fused-ring (bicyclic) bond motifs is 2. The number of nitrogens with one attached hydrogen (secondary N) is 2. The molecule has 0 aromatic carbocycles. The lowest BCUT2D eigenvalue weighted by Crippen LogP contribution is -2.57. The molecule has 0 radical (unpaired) electrons. The third-order valence-corrected chi connectivity index (χ3v) is 6.66. The van der Waals surface area contributed by atoms with Crippen LogP contribution in [0.4, 0.5) is 16.4 Å². The van der Waals surface area contributed by atoms with Crippen molar-refractivity contribution in [2.75, 3.05) is 18.5 Å². The second-order valence-corrected chi connectivity index (χ2v) is 10.5. The minimum absolute atomic E-state index is 0.0158. The fourth-order valence-corrected chi connectivity index (χ4v) is 5.20. The molecule has 5 heterocycles. The van der Waals surface area contributed by atoms with Gasteiger partial charge in [-0.15, -0.1) is 0 Å². The van der Waals surface area contributed by atoms with Gasteiger partial charge < -0.3 is 24.4 Å². The van der Waals surface area contributed by atoms with Crippen LogP contribution in [0.15, 0.2) is 18.5 Å². The maximum absolute atomic E-state index is 12.8. The van der Waals surface area contributed by atoms with Gasteiger partial charge in [-0.05, 0) is 46.5 Å². The first-order chi connectivity index (χ1) is 16.3. The molecule has 2 N–H and O–H groups in total. The van der Waals surface area contributed by atoms with Gasteiger partial charge in [-0.25, -0.2) is 4.79 Å². The SMILES string of the molecule is CC(C)(C)OC(=O)N1[C@@H]2CCC[C@H]1CC(Oc1cncc(Nc3cc([C@@H]4CCOC4)[nH]n3)n1)C2. The van der Waals surface area contributed by atoms with Gasteiger partial charge in [0.15, 0.2) is 11.6 Å². The van der Waals surface area contributed by atoms with Crippen LogP contribution in [0.25, 0.3) is 0 Å². The van der Waals surface area contributed by atoms with E-state index in [1.165, 1.54) is 0 Å². The number of ether oxygens (including phenoxy) is 3. The van der Waals surface area contributed by atoms with E-state index in [-0.39, 0.29) is 24.3 Å². The van der Waals surface area contributed by atoms with E-state index in [1.54, 1.807) is 12.4 Å². The molecule has 4 atom stereocenters. The Kier molecular flexibility index (Phi) is 6.33. The van der Waals surface area contributed by atoms with Crippen molar-refractivity contribution in [2.24, 2.45) is 0 Å². The third-order valence-electron chi connectivity index (χ3n) is 6.66. The van der Waals surface area contributed by atoms with Crippen molar-refractivity contribution < 1.29 is 19.0 Å². The molecule has 2 bridgehead atoms. The van der Waals surface area contributed by atoms with Gasteiger partial charge in [0.25, 0.3) is 0 Å². The molecule has 10 nitrogen and oxygen atoms in total. The largest absolute Gasteiger partial charge is 0.473 e. The number of nitrogens with zero attached hydrogens (tertiary/aromatic N) is 4. The highest BCUT2D eigenvalue weighted by Gasteiger charge is 2.43. The summed E-state index contributed by atoms with van der Waals surface area (Å²) < 4.78 is 17.4. The summed E-state index contributed by atoms with van der Waals surface area (Å²) >= 11 is 0. The molecule has 2 aromatic heterocycles. The molecule has 3 aliphatic heterocycles. The quantitative estimate of drug-likeness (QED) is 0.670. The average Bonchev–Trinajstić information content (AvgIpc) is 3.44. The van der Waals surface area contributed by atoms with E-state index in [9.17, 15) is 4.79 Å². The maximum atomic E-state index is 12.8. The normalized spacial score (nSPS) is 26.9. The van der Waals surface area contributed by atoms with E-state index in [2.05, 4.69) is 25.5 Å². The van der Waals surface area contributed by atoms with Gasteiger partial charge in [0.1, 0.15) is 11.7 Å². The molecule has 184 valence electrons. The fourth-order valence-electron chi connectivity index (χ4n) is 5.20. The first-order valence-corrected chi connectivity index (χ1v) is 12.2. The number of hydrogen-bond acceptors (Lipinski definition) is 8. The van der Waals surface area contributed by atoms with Crippen molar-refractivity contribution in [3.8, 4) is 5.88 Å². The molecule has 3 fully saturated rings. The maximum Gasteiger partial charge on any atom is 0.410 e. The molecule has 34 heavy (non-hydrogen) atoms. The Hall–Kier alpha value is -2.88. The van der Waals surface area contributed by atoms with Crippen LogP contribution in [0.3, 0.4) is 0 Å². The van der Waals surface area contributed by atoms with Gasteiger partial charge >= 0.3 is 6.09 Å².